The molecule has 0 saturated carbocycles. The summed E-state index contributed by atoms with van der Waals surface area (Å²) in [6, 6.07) is -0.362. The van der Waals surface area contributed by atoms with Crippen molar-refractivity contribution in [3.05, 3.63) is 0 Å². The van der Waals surface area contributed by atoms with Gasteiger partial charge in [0.1, 0.15) is 18.4 Å². The molecule has 0 aliphatic carbocycles. The molecule has 4 heteroatoms. The summed E-state index contributed by atoms with van der Waals surface area (Å²) in [5.41, 5.74) is 0. The van der Waals surface area contributed by atoms with E-state index in [1.807, 2.05) is 6.92 Å². The molecule has 0 aliphatic rings. The zero-order valence-electron chi connectivity index (χ0n) is 12.0. The van der Waals surface area contributed by atoms with Gasteiger partial charge in [0.05, 0.1) is 0 Å². The maximum absolute atomic E-state index is 11.4. The number of carbonyl (C=O) groups is 2. The second kappa shape index (κ2) is 11.2. The lowest BCUT2D eigenvalue weighted by Crippen LogP contribution is -2.39. The van der Waals surface area contributed by atoms with Crippen LogP contribution in [0.4, 0.5) is 0 Å². The number of nitrogens with one attached hydrogen (secondary N) is 1. The van der Waals surface area contributed by atoms with Gasteiger partial charge in [0.25, 0.3) is 0 Å². The van der Waals surface area contributed by atoms with Crippen LogP contribution in [0.2, 0.25) is 0 Å². The van der Waals surface area contributed by atoms with Crippen molar-refractivity contribution in [2.24, 2.45) is 0 Å². The fourth-order valence-electron chi connectivity index (χ4n) is 1.69. The van der Waals surface area contributed by atoms with Gasteiger partial charge >= 0.3 is 5.97 Å². The number of hydrogen-bond donors (Lipinski definition) is 1. The lowest BCUT2D eigenvalue weighted by molar-refractivity contribution is -0.145. The van der Waals surface area contributed by atoms with E-state index in [2.05, 4.69) is 12.2 Å². The minimum absolute atomic E-state index is 0.00703. The van der Waals surface area contributed by atoms with Gasteiger partial charge in [-0.1, -0.05) is 39.5 Å². The Kier molecular flexibility index (Phi) is 10.6. The molecule has 0 heterocycles. The fourth-order valence-corrected chi connectivity index (χ4v) is 1.69. The minimum atomic E-state index is -0.362. The number of esters is 1. The zero-order valence-corrected chi connectivity index (χ0v) is 12.0. The molecule has 0 radical (unpaired) electrons. The summed E-state index contributed by atoms with van der Waals surface area (Å²) >= 11 is 0. The molecule has 0 aromatic carbocycles. The Balaban J connectivity index is 3.64. The summed E-state index contributed by atoms with van der Waals surface area (Å²) in [5, 5.41) is 2.99. The van der Waals surface area contributed by atoms with E-state index in [0.717, 1.165) is 12.8 Å². The average Bonchev–Trinajstić information content (AvgIpc) is 2.33. The normalized spacial score (nSPS) is 12.2. The lowest BCUT2D eigenvalue weighted by Gasteiger charge is -2.14. The zero-order chi connectivity index (χ0) is 13.8. The summed E-state index contributed by atoms with van der Waals surface area (Å²) in [7, 11) is 0. The van der Waals surface area contributed by atoms with Crippen molar-refractivity contribution in [3.8, 4) is 0 Å². The van der Waals surface area contributed by atoms with Gasteiger partial charge in [0, 0.05) is 6.42 Å². The van der Waals surface area contributed by atoms with Crippen LogP contribution >= 0.6 is 0 Å². The number of ether oxygens (including phenoxy) is 1. The highest BCUT2D eigenvalue weighted by atomic mass is 16.5. The third-order valence-corrected chi connectivity index (χ3v) is 2.84. The van der Waals surface area contributed by atoms with E-state index in [1.54, 1.807) is 0 Å². The third kappa shape index (κ3) is 9.16. The minimum Gasteiger partial charge on any atom is -0.464 e. The van der Waals surface area contributed by atoms with Crippen molar-refractivity contribution in [3.63, 3.8) is 0 Å². The Bertz CT molecular complexity index is 241. The molecule has 1 atom stereocenters. The van der Waals surface area contributed by atoms with Crippen LogP contribution < -0.4 is 5.32 Å². The highest BCUT2D eigenvalue weighted by molar-refractivity contribution is 5.82. The largest absolute Gasteiger partial charge is 0.464 e. The van der Waals surface area contributed by atoms with Gasteiger partial charge in [-0.3, -0.25) is 9.59 Å². The van der Waals surface area contributed by atoms with Gasteiger partial charge in [-0.15, -0.1) is 0 Å². The van der Waals surface area contributed by atoms with E-state index in [9.17, 15) is 9.59 Å². The Labute approximate surface area is 110 Å². The van der Waals surface area contributed by atoms with Crippen LogP contribution in [0.3, 0.4) is 0 Å². The summed E-state index contributed by atoms with van der Waals surface area (Å²) in [4.78, 5) is 22.7. The predicted octanol–water partition coefficient (Wildman–Crippen LogP) is 2.46. The highest BCUT2D eigenvalue weighted by Crippen LogP contribution is 2.05. The molecule has 0 amide bonds. The van der Waals surface area contributed by atoms with Crippen molar-refractivity contribution in [2.45, 2.75) is 65.3 Å². The first-order valence-electron chi connectivity index (χ1n) is 7.01. The standard InChI is InChI=1S/C14H27NO3/c1-4-6-7-8-9-10-14(17)18-11-13(12(3)16)15-5-2/h13,15H,4-11H2,1-3H3/t13-/m0/s1. The SMILES string of the molecule is CCCCCCCC(=O)OC[C@H](NCC)C(C)=O. The van der Waals surface area contributed by atoms with Crippen LogP contribution in [-0.4, -0.2) is 30.9 Å². The number of carbonyl (C=O) groups excluding carboxylic acids is 2. The second-order valence-electron chi connectivity index (χ2n) is 4.57. The summed E-state index contributed by atoms with van der Waals surface area (Å²) in [6.07, 6.45) is 6.02. The molecule has 18 heavy (non-hydrogen) atoms. The van der Waals surface area contributed by atoms with Crippen LogP contribution in [0.25, 0.3) is 0 Å². The number of rotatable bonds is 11. The van der Waals surface area contributed by atoms with Crippen LogP contribution in [0, 0.1) is 0 Å². The van der Waals surface area contributed by atoms with E-state index >= 15 is 0 Å². The first kappa shape index (κ1) is 17.1. The molecule has 0 fully saturated rings. The molecular weight excluding hydrogens is 230 g/mol. The number of ketones is 1. The molecular formula is C14H27NO3. The van der Waals surface area contributed by atoms with E-state index < -0.39 is 0 Å². The molecule has 1 N–H and O–H groups in total. The Morgan fingerprint density at radius 2 is 1.78 bits per heavy atom. The molecule has 4 nitrogen and oxygen atoms in total. The van der Waals surface area contributed by atoms with Crippen molar-refractivity contribution in [1.29, 1.82) is 0 Å². The monoisotopic (exact) mass is 257 g/mol. The third-order valence-electron chi connectivity index (χ3n) is 2.84. The van der Waals surface area contributed by atoms with Gasteiger partial charge in [0.15, 0.2) is 0 Å². The summed E-state index contributed by atoms with van der Waals surface area (Å²) in [6.45, 7) is 6.43. The molecule has 106 valence electrons. The van der Waals surface area contributed by atoms with Crippen molar-refractivity contribution >= 4 is 11.8 Å². The second-order valence-corrected chi connectivity index (χ2v) is 4.57. The molecule has 0 rings (SSSR count). The van der Waals surface area contributed by atoms with Gasteiger partial charge in [-0.2, -0.15) is 0 Å². The fraction of sp³-hybridized carbons (Fsp3) is 0.857. The maximum atomic E-state index is 11.4. The molecule has 0 saturated heterocycles. The average molecular weight is 257 g/mol. The molecule has 0 spiro atoms. The molecule has 0 aromatic rings. The van der Waals surface area contributed by atoms with Crippen LogP contribution in [0.5, 0.6) is 0 Å². The highest BCUT2D eigenvalue weighted by Gasteiger charge is 2.14. The Morgan fingerprint density at radius 3 is 2.33 bits per heavy atom. The van der Waals surface area contributed by atoms with Crippen LogP contribution in [0.1, 0.15) is 59.3 Å². The summed E-state index contributed by atoms with van der Waals surface area (Å²) < 4.78 is 5.10. The number of likely N-dealkylation sites (N-methyl/N-ethyl adjacent to an activating group) is 1. The van der Waals surface area contributed by atoms with Gasteiger partial charge in [-0.05, 0) is 19.9 Å². The first-order valence-corrected chi connectivity index (χ1v) is 7.01. The Morgan fingerprint density at radius 1 is 1.11 bits per heavy atom. The van der Waals surface area contributed by atoms with E-state index in [1.165, 1.54) is 26.2 Å². The number of Topliss-reactive ketones (excluding diaryl/α,β-unsaturated/α-hetero) is 1. The van der Waals surface area contributed by atoms with Crippen LogP contribution in [0.15, 0.2) is 0 Å². The molecule has 0 unspecified atom stereocenters. The number of hydrogen-bond acceptors (Lipinski definition) is 4. The van der Waals surface area contributed by atoms with Gasteiger partial charge in [0.2, 0.25) is 0 Å². The van der Waals surface area contributed by atoms with Gasteiger partial charge in [-0.25, -0.2) is 0 Å². The predicted molar refractivity (Wildman–Crippen MR) is 72.5 cm³/mol. The molecule has 0 aliphatic heterocycles. The van der Waals surface area contributed by atoms with Crippen LogP contribution in [-0.2, 0) is 14.3 Å². The van der Waals surface area contributed by atoms with E-state index in [4.69, 9.17) is 4.74 Å². The quantitative estimate of drug-likeness (QED) is 0.456. The van der Waals surface area contributed by atoms with Crippen molar-refractivity contribution in [2.75, 3.05) is 13.2 Å². The van der Waals surface area contributed by atoms with Gasteiger partial charge < -0.3 is 10.1 Å². The van der Waals surface area contributed by atoms with Crippen molar-refractivity contribution in [1.82, 2.24) is 5.32 Å². The lowest BCUT2D eigenvalue weighted by atomic mass is 10.1. The molecule has 0 bridgehead atoms. The smallest absolute Gasteiger partial charge is 0.305 e. The topological polar surface area (TPSA) is 55.4 Å². The van der Waals surface area contributed by atoms with E-state index in [-0.39, 0.29) is 24.4 Å². The Hall–Kier alpha value is -0.900. The van der Waals surface area contributed by atoms with E-state index in [0.29, 0.717) is 13.0 Å². The molecule has 0 aromatic heterocycles. The maximum Gasteiger partial charge on any atom is 0.305 e. The summed E-state index contributed by atoms with van der Waals surface area (Å²) in [5.74, 6) is -0.191. The number of unbranched alkanes of at least 4 members (excludes halogenated alkanes) is 4. The van der Waals surface area contributed by atoms with Crippen molar-refractivity contribution < 1.29 is 14.3 Å². The first-order chi connectivity index (χ1) is 8.61.